The Hall–Kier alpha value is -1.55. The van der Waals surface area contributed by atoms with Crippen molar-refractivity contribution in [3.05, 3.63) is 24.5 Å². The summed E-state index contributed by atoms with van der Waals surface area (Å²) in [6.07, 6.45) is 1.64. The second kappa shape index (κ2) is 2.74. The van der Waals surface area contributed by atoms with Crippen LogP contribution in [-0.2, 0) is 0 Å². The Balaban J connectivity index is 2.75. The van der Waals surface area contributed by atoms with Crippen molar-refractivity contribution in [3.8, 4) is 0 Å². The Kier molecular flexibility index (Phi) is 1.70. The maximum atomic E-state index is 5.76. The average molecular weight is 176 g/mol. The standard InChI is InChI=1S/C9H12N4/c1-6(10)13-5-12-9-7(11)3-2-4-8(9)13/h2-6H,10-11H2,1H3. The van der Waals surface area contributed by atoms with E-state index < -0.39 is 0 Å². The monoisotopic (exact) mass is 176 g/mol. The van der Waals surface area contributed by atoms with Crippen LogP contribution >= 0.6 is 0 Å². The molecule has 0 fully saturated rings. The number of nitrogens with zero attached hydrogens (tertiary/aromatic N) is 2. The summed E-state index contributed by atoms with van der Waals surface area (Å²) in [6, 6.07) is 5.70. The molecule has 1 unspecified atom stereocenters. The van der Waals surface area contributed by atoms with Crippen LogP contribution in [0, 0.1) is 0 Å². The van der Waals surface area contributed by atoms with Gasteiger partial charge in [0, 0.05) is 0 Å². The number of para-hydroxylation sites is 1. The molecule has 2 aromatic rings. The second-order valence-electron chi connectivity index (χ2n) is 3.11. The average Bonchev–Trinajstić information content (AvgIpc) is 2.48. The van der Waals surface area contributed by atoms with Gasteiger partial charge in [0.2, 0.25) is 0 Å². The predicted molar refractivity (Wildman–Crippen MR) is 53.0 cm³/mol. The number of hydrogen-bond donors (Lipinski definition) is 2. The molecule has 0 aliphatic rings. The zero-order valence-electron chi connectivity index (χ0n) is 7.44. The third-order valence-corrected chi connectivity index (χ3v) is 2.07. The Morgan fingerprint density at radius 2 is 2.23 bits per heavy atom. The summed E-state index contributed by atoms with van der Waals surface area (Å²) in [5.74, 6) is 0. The van der Waals surface area contributed by atoms with Crippen molar-refractivity contribution in [1.29, 1.82) is 0 Å². The van der Waals surface area contributed by atoms with Gasteiger partial charge in [-0.05, 0) is 19.1 Å². The van der Waals surface area contributed by atoms with Gasteiger partial charge in [0.05, 0.1) is 23.7 Å². The summed E-state index contributed by atoms with van der Waals surface area (Å²) in [5, 5.41) is 0. The van der Waals surface area contributed by atoms with Gasteiger partial charge in [-0.15, -0.1) is 0 Å². The molecule has 0 saturated carbocycles. The quantitative estimate of drug-likeness (QED) is 0.639. The minimum atomic E-state index is -0.0770. The summed E-state index contributed by atoms with van der Waals surface area (Å²) >= 11 is 0. The highest BCUT2D eigenvalue weighted by Crippen LogP contribution is 2.20. The highest BCUT2D eigenvalue weighted by molar-refractivity contribution is 5.87. The van der Waals surface area contributed by atoms with Crippen molar-refractivity contribution in [2.75, 3.05) is 5.73 Å². The summed E-state index contributed by atoms with van der Waals surface area (Å²) < 4.78 is 1.89. The van der Waals surface area contributed by atoms with Crippen LogP contribution in [0.4, 0.5) is 5.69 Å². The topological polar surface area (TPSA) is 69.9 Å². The Morgan fingerprint density at radius 3 is 2.92 bits per heavy atom. The van der Waals surface area contributed by atoms with E-state index in [9.17, 15) is 0 Å². The molecule has 1 atom stereocenters. The molecular formula is C9H12N4. The van der Waals surface area contributed by atoms with Crippen molar-refractivity contribution in [2.24, 2.45) is 5.73 Å². The lowest BCUT2D eigenvalue weighted by Gasteiger charge is -2.07. The number of anilines is 1. The summed E-state index contributed by atoms with van der Waals surface area (Å²) in [6.45, 7) is 1.91. The molecule has 1 aromatic heterocycles. The predicted octanol–water partition coefficient (Wildman–Crippen LogP) is 1.10. The molecule has 1 heterocycles. The van der Waals surface area contributed by atoms with Gasteiger partial charge in [-0.3, -0.25) is 0 Å². The van der Waals surface area contributed by atoms with E-state index in [1.807, 2.05) is 29.7 Å². The zero-order chi connectivity index (χ0) is 9.42. The van der Waals surface area contributed by atoms with Crippen LogP contribution < -0.4 is 11.5 Å². The molecule has 13 heavy (non-hydrogen) atoms. The molecule has 4 N–H and O–H groups in total. The van der Waals surface area contributed by atoms with Gasteiger partial charge in [-0.2, -0.15) is 0 Å². The number of rotatable bonds is 1. The molecule has 0 aliphatic carbocycles. The van der Waals surface area contributed by atoms with Crippen molar-refractivity contribution in [3.63, 3.8) is 0 Å². The number of fused-ring (bicyclic) bond motifs is 1. The van der Waals surface area contributed by atoms with E-state index in [4.69, 9.17) is 11.5 Å². The van der Waals surface area contributed by atoms with Crippen LogP contribution in [0.15, 0.2) is 24.5 Å². The van der Waals surface area contributed by atoms with Gasteiger partial charge >= 0.3 is 0 Å². The molecule has 0 amide bonds. The van der Waals surface area contributed by atoms with Crippen LogP contribution in [0.3, 0.4) is 0 Å². The summed E-state index contributed by atoms with van der Waals surface area (Å²) in [7, 11) is 0. The first kappa shape index (κ1) is 8.07. The Bertz CT molecular complexity index is 430. The molecular weight excluding hydrogens is 164 g/mol. The highest BCUT2D eigenvalue weighted by Gasteiger charge is 2.06. The van der Waals surface area contributed by atoms with Crippen LogP contribution in [0.5, 0.6) is 0 Å². The number of aromatic nitrogens is 2. The SMILES string of the molecule is CC(N)n1cnc2c(N)cccc21. The molecule has 0 bridgehead atoms. The first-order valence-electron chi connectivity index (χ1n) is 4.17. The van der Waals surface area contributed by atoms with Crippen molar-refractivity contribution < 1.29 is 0 Å². The third-order valence-electron chi connectivity index (χ3n) is 2.07. The van der Waals surface area contributed by atoms with E-state index in [1.54, 1.807) is 6.33 Å². The van der Waals surface area contributed by atoms with Crippen LogP contribution in [0.1, 0.15) is 13.1 Å². The second-order valence-corrected chi connectivity index (χ2v) is 3.11. The van der Waals surface area contributed by atoms with E-state index in [0.29, 0.717) is 5.69 Å². The molecule has 2 rings (SSSR count). The number of imidazole rings is 1. The van der Waals surface area contributed by atoms with Crippen molar-refractivity contribution >= 4 is 16.7 Å². The number of nitrogens with two attached hydrogens (primary N) is 2. The molecule has 0 spiro atoms. The van der Waals surface area contributed by atoms with Crippen molar-refractivity contribution in [1.82, 2.24) is 9.55 Å². The lowest BCUT2D eigenvalue weighted by atomic mass is 10.2. The van der Waals surface area contributed by atoms with Gasteiger partial charge in [0.15, 0.2) is 0 Å². The fraction of sp³-hybridized carbons (Fsp3) is 0.222. The first-order chi connectivity index (χ1) is 6.20. The molecule has 0 radical (unpaired) electrons. The smallest absolute Gasteiger partial charge is 0.111 e. The maximum absolute atomic E-state index is 5.76. The highest BCUT2D eigenvalue weighted by atomic mass is 15.1. The first-order valence-corrected chi connectivity index (χ1v) is 4.17. The zero-order valence-corrected chi connectivity index (χ0v) is 7.44. The van der Waals surface area contributed by atoms with Gasteiger partial charge in [-0.25, -0.2) is 4.98 Å². The number of hydrogen-bond acceptors (Lipinski definition) is 3. The largest absolute Gasteiger partial charge is 0.397 e. The molecule has 0 saturated heterocycles. The minimum Gasteiger partial charge on any atom is -0.397 e. The molecule has 4 heteroatoms. The molecule has 68 valence electrons. The maximum Gasteiger partial charge on any atom is 0.111 e. The van der Waals surface area contributed by atoms with Crippen LogP contribution in [0.25, 0.3) is 11.0 Å². The van der Waals surface area contributed by atoms with E-state index in [0.717, 1.165) is 11.0 Å². The number of benzene rings is 1. The summed E-state index contributed by atoms with van der Waals surface area (Å²) in [5.41, 5.74) is 14.0. The fourth-order valence-corrected chi connectivity index (χ4v) is 1.40. The van der Waals surface area contributed by atoms with Gasteiger partial charge in [0.1, 0.15) is 5.52 Å². The normalized spacial score (nSPS) is 13.4. The molecule has 0 aliphatic heterocycles. The van der Waals surface area contributed by atoms with Crippen molar-refractivity contribution in [2.45, 2.75) is 13.1 Å². The van der Waals surface area contributed by atoms with E-state index in [-0.39, 0.29) is 6.17 Å². The molecule has 4 nitrogen and oxygen atoms in total. The van der Waals surface area contributed by atoms with E-state index >= 15 is 0 Å². The minimum absolute atomic E-state index is 0.0770. The fourth-order valence-electron chi connectivity index (χ4n) is 1.40. The lowest BCUT2D eigenvalue weighted by Crippen LogP contribution is -2.13. The van der Waals surface area contributed by atoms with Crippen LogP contribution in [0.2, 0.25) is 0 Å². The Labute approximate surface area is 76.2 Å². The van der Waals surface area contributed by atoms with Gasteiger partial charge < -0.3 is 16.0 Å². The lowest BCUT2D eigenvalue weighted by molar-refractivity contribution is 0.588. The van der Waals surface area contributed by atoms with Gasteiger partial charge in [-0.1, -0.05) is 6.07 Å². The van der Waals surface area contributed by atoms with Gasteiger partial charge in [0.25, 0.3) is 0 Å². The Morgan fingerprint density at radius 1 is 1.46 bits per heavy atom. The van der Waals surface area contributed by atoms with E-state index in [2.05, 4.69) is 4.98 Å². The third kappa shape index (κ3) is 1.15. The molecule has 1 aromatic carbocycles. The van der Waals surface area contributed by atoms with Crippen LogP contribution in [-0.4, -0.2) is 9.55 Å². The summed E-state index contributed by atoms with van der Waals surface area (Å²) in [4.78, 5) is 4.20. The number of nitrogen functional groups attached to an aromatic ring is 1. The van der Waals surface area contributed by atoms with E-state index in [1.165, 1.54) is 0 Å².